The van der Waals surface area contributed by atoms with Crippen molar-refractivity contribution >= 4 is 27.3 Å². The van der Waals surface area contributed by atoms with Crippen molar-refractivity contribution in [3.05, 3.63) is 20.8 Å². The van der Waals surface area contributed by atoms with E-state index in [2.05, 4.69) is 60.4 Å². The molecule has 1 fully saturated rings. The lowest BCUT2D eigenvalue weighted by Crippen LogP contribution is -2.43. The van der Waals surface area contributed by atoms with Crippen LogP contribution in [0, 0.1) is 11.8 Å². The van der Waals surface area contributed by atoms with Crippen molar-refractivity contribution in [1.82, 2.24) is 5.32 Å². The van der Waals surface area contributed by atoms with Crippen molar-refractivity contribution in [3.8, 4) is 0 Å². The summed E-state index contributed by atoms with van der Waals surface area (Å²) in [5.41, 5.74) is 0. The van der Waals surface area contributed by atoms with Gasteiger partial charge in [-0.3, -0.25) is 0 Å². The van der Waals surface area contributed by atoms with Crippen LogP contribution in [0.4, 0.5) is 0 Å². The Labute approximate surface area is 129 Å². The van der Waals surface area contributed by atoms with E-state index in [-0.39, 0.29) is 0 Å². The third kappa shape index (κ3) is 3.60. The molecule has 2 heterocycles. The fourth-order valence-corrected chi connectivity index (χ4v) is 4.78. The molecule has 2 nitrogen and oxygen atoms in total. The average Bonchev–Trinajstić information content (AvgIpc) is 2.84. The van der Waals surface area contributed by atoms with Crippen LogP contribution in [-0.4, -0.2) is 24.8 Å². The van der Waals surface area contributed by atoms with E-state index in [0.29, 0.717) is 30.1 Å². The highest BCUT2D eigenvalue weighted by Gasteiger charge is 2.41. The largest absolute Gasteiger partial charge is 0.375 e. The summed E-state index contributed by atoms with van der Waals surface area (Å²) in [6.45, 7) is 9.95. The van der Waals surface area contributed by atoms with Crippen LogP contribution in [0.1, 0.15) is 32.6 Å². The van der Waals surface area contributed by atoms with Crippen LogP contribution in [0.25, 0.3) is 0 Å². The minimum Gasteiger partial charge on any atom is -0.375 e. The summed E-state index contributed by atoms with van der Waals surface area (Å²) in [6.07, 6.45) is 1.81. The second-order valence-electron chi connectivity index (χ2n) is 5.58. The molecule has 5 unspecified atom stereocenters. The van der Waals surface area contributed by atoms with E-state index in [1.54, 1.807) is 0 Å². The summed E-state index contributed by atoms with van der Waals surface area (Å²) >= 11 is 5.38. The zero-order chi connectivity index (χ0) is 14.0. The second kappa shape index (κ2) is 6.70. The topological polar surface area (TPSA) is 21.3 Å². The Bertz CT molecular complexity index is 409. The van der Waals surface area contributed by atoms with Crippen molar-refractivity contribution in [1.29, 1.82) is 0 Å². The van der Waals surface area contributed by atoms with Crippen molar-refractivity contribution in [2.45, 2.75) is 52.4 Å². The van der Waals surface area contributed by atoms with Crippen molar-refractivity contribution in [3.63, 3.8) is 0 Å². The summed E-state index contributed by atoms with van der Waals surface area (Å²) in [5.74, 6) is 1.21. The van der Waals surface area contributed by atoms with Gasteiger partial charge in [0.25, 0.3) is 0 Å². The number of hydrogen-bond acceptors (Lipinski definition) is 3. The number of thiophene rings is 1. The van der Waals surface area contributed by atoms with E-state index in [9.17, 15) is 0 Å². The lowest BCUT2D eigenvalue weighted by molar-refractivity contribution is 0.0477. The fraction of sp³-hybridized carbons (Fsp3) is 0.733. The summed E-state index contributed by atoms with van der Waals surface area (Å²) in [4.78, 5) is 1.44. The van der Waals surface area contributed by atoms with Gasteiger partial charge >= 0.3 is 0 Å². The maximum Gasteiger partial charge on any atom is 0.0597 e. The maximum absolute atomic E-state index is 6.01. The number of ether oxygens (including phenoxy) is 1. The average molecular weight is 346 g/mol. The van der Waals surface area contributed by atoms with Gasteiger partial charge in [0.15, 0.2) is 0 Å². The molecule has 108 valence electrons. The van der Waals surface area contributed by atoms with E-state index >= 15 is 0 Å². The predicted molar refractivity (Wildman–Crippen MR) is 85.9 cm³/mol. The molecule has 0 aromatic carbocycles. The van der Waals surface area contributed by atoms with Gasteiger partial charge in [0.1, 0.15) is 0 Å². The molecule has 19 heavy (non-hydrogen) atoms. The fourth-order valence-electron chi connectivity index (χ4n) is 3.27. The summed E-state index contributed by atoms with van der Waals surface area (Å²) in [7, 11) is 0. The first-order valence-corrected chi connectivity index (χ1v) is 8.82. The maximum atomic E-state index is 6.01. The van der Waals surface area contributed by atoms with Gasteiger partial charge < -0.3 is 10.1 Å². The zero-order valence-corrected chi connectivity index (χ0v) is 14.6. The zero-order valence-electron chi connectivity index (χ0n) is 12.2. The molecule has 5 atom stereocenters. The molecule has 1 aromatic rings. The Morgan fingerprint density at radius 2 is 2.11 bits per heavy atom. The van der Waals surface area contributed by atoms with E-state index in [1.165, 1.54) is 9.35 Å². The third-order valence-electron chi connectivity index (χ3n) is 4.29. The molecule has 1 N–H and O–H groups in total. The normalized spacial score (nSPS) is 32.7. The molecule has 1 aromatic heterocycles. The molecule has 0 amide bonds. The van der Waals surface area contributed by atoms with Crippen molar-refractivity contribution in [2.24, 2.45) is 11.8 Å². The Kier molecular flexibility index (Phi) is 5.46. The summed E-state index contributed by atoms with van der Waals surface area (Å²) < 4.78 is 7.20. The molecule has 0 aliphatic carbocycles. The predicted octanol–water partition coefficient (Wildman–Crippen LogP) is 4.09. The lowest BCUT2D eigenvalue weighted by Gasteiger charge is -2.29. The minimum atomic E-state index is 0.345. The Hall–Kier alpha value is 0.1000. The summed E-state index contributed by atoms with van der Waals surface area (Å²) in [5, 5.41) is 5.84. The molecule has 0 saturated carbocycles. The standard InChI is InChI=1S/C15H24BrNOS/c1-5-17-14(7-13-6-12(16)8-19-13)15-9(2)10(3)18-11(15)4/h6,8-11,14-15,17H,5,7H2,1-4H3. The van der Waals surface area contributed by atoms with Crippen LogP contribution in [0.5, 0.6) is 0 Å². The second-order valence-corrected chi connectivity index (χ2v) is 7.49. The quantitative estimate of drug-likeness (QED) is 0.867. The monoisotopic (exact) mass is 345 g/mol. The number of rotatable bonds is 5. The van der Waals surface area contributed by atoms with Gasteiger partial charge in [0, 0.05) is 26.7 Å². The van der Waals surface area contributed by atoms with Gasteiger partial charge in [0.05, 0.1) is 12.2 Å². The van der Waals surface area contributed by atoms with Crippen LogP contribution in [0.15, 0.2) is 15.9 Å². The molecule has 4 heteroatoms. The van der Waals surface area contributed by atoms with Crippen LogP contribution in [0.3, 0.4) is 0 Å². The van der Waals surface area contributed by atoms with E-state index < -0.39 is 0 Å². The minimum absolute atomic E-state index is 0.345. The molecular formula is C15H24BrNOS. The van der Waals surface area contributed by atoms with E-state index in [1.807, 2.05) is 11.3 Å². The molecule has 0 spiro atoms. The molecule has 1 aliphatic rings. The highest BCUT2D eigenvalue weighted by Crippen LogP contribution is 2.36. The highest BCUT2D eigenvalue weighted by molar-refractivity contribution is 9.10. The van der Waals surface area contributed by atoms with Crippen LogP contribution in [-0.2, 0) is 11.2 Å². The third-order valence-corrected chi connectivity index (χ3v) is 6.01. The first kappa shape index (κ1) is 15.5. The molecule has 1 saturated heterocycles. The molecular weight excluding hydrogens is 322 g/mol. The van der Waals surface area contributed by atoms with Gasteiger partial charge in [0.2, 0.25) is 0 Å². The van der Waals surface area contributed by atoms with Gasteiger partial charge in [-0.1, -0.05) is 13.8 Å². The SMILES string of the molecule is CCNC(Cc1cc(Br)cs1)C1C(C)OC(C)C1C. The van der Waals surface area contributed by atoms with E-state index in [4.69, 9.17) is 4.74 Å². The van der Waals surface area contributed by atoms with Gasteiger partial charge in [-0.25, -0.2) is 0 Å². The first-order chi connectivity index (χ1) is 9.02. The molecule has 2 rings (SSSR count). The van der Waals surface area contributed by atoms with E-state index in [0.717, 1.165) is 13.0 Å². The molecule has 1 aliphatic heterocycles. The summed E-state index contributed by atoms with van der Waals surface area (Å²) in [6, 6.07) is 2.74. The molecule has 0 radical (unpaired) electrons. The highest BCUT2D eigenvalue weighted by atomic mass is 79.9. The van der Waals surface area contributed by atoms with Crippen LogP contribution >= 0.6 is 27.3 Å². The van der Waals surface area contributed by atoms with Crippen LogP contribution in [0.2, 0.25) is 0 Å². The first-order valence-electron chi connectivity index (χ1n) is 7.14. The Morgan fingerprint density at radius 3 is 2.58 bits per heavy atom. The Morgan fingerprint density at radius 1 is 1.37 bits per heavy atom. The number of likely N-dealkylation sites (N-methyl/N-ethyl adjacent to an activating group) is 1. The Balaban J connectivity index is 2.11. The number of hydrogen-bond donors (Lipinski definition) is 1. The van der Waals surface area contributed by atoms with Crippen LogP contribution < -0.4 is 5.32 Å². The van der Waals surface area contributed by atoms with Gasteiger partial charge in [-0.05, 0) is 54.7 Å². The van der Waals surface area contributed by atoms with Gasteiger partial charge in [-0.2, -0.15) is 0 Å². The smallest absolute Gasteiger partial charge is 0.0597 e. The number of nitrogens with one attached hydrogen (secondary N) is 1. The van der Waals surface area contributed by atoms with Crippen molar-refractivity contribution < 1.29 is 4.74 Å². The molecule has 0 bridgehead atoms. The number of halogens is 1. The van der Waals surface area contributed by atoms with Crippen molar-refractivity contribution in [2.75, 3.05) is 6.54 Å². The lowest BCUT2D eigenvalue weighted by atomic mass is 9.82. The van der Waals surface area contributed by atoms with Gasteiger partial charge in [-0.15, -0.1) is 11.3 Å².